The van der Waals surface area contributed by atoms with Crippen molar-refractivity contribution >= 4 is 38.5 Å². The molecule has 0 aliphatic heterocycles. The van der Waals surface area contributed by atoms with Crippen molar-refractivity contribution < 1.29 is 14.3 Å². The largest absolute Gasteiger partial charge is 0.483 e. The van der Waals surface area contributed by atoms with E-state index < -0.39 is 6.04 Å². The number of ether oxygens (including phenoxy) is 1. The number of nitrogens with one attached hydrogen (secondary N) is 1. The normalized spacial score (nSPS) is 11.8. The van der Waals surface area contributed by atoms with Crippen LogP contribution in [-0.2, 0) is 16.1 Å². The maximum absolute atomic E-state index is 13.3. The van der Waals surface area contributed by atoms with E-state index in [4.69, 9.17) is 4.74 Å². The number of carbonyl (C=O) groups excluding carboxylic acids is 2. The van der Waals surface area contributed by atoms with Gasteiger partial charge in [-0.1, -0.05) is 67.1 Å². The molecule has 0 saturated heterocycles. The van der Waals surface area contributed by atoms with Gasteiger partial charge in [-0.05, 0) is 58.6 Å². The molecule has 0 heterocycles. The highest BCUT2D eigenvalue weighted by molar-refractivity contribution is 9.10. The van der Waals surface area contributed by atoms with E-state index in [-0.39, 0.29) is 18.4 Å². The lowest BCUT2D eigenvalue weighted by Crippen LogP contribution is -2.50. The second kappa shape index (κ2) is 11.1. The van der Waals surface area contributed by atoms with Gasteiger partial charge in [0.1, 0.15) is 11.8 Å². The Kier molecular flexibility index (Phi) is 8.28. The van der Waals surface area contributed by atoms with Crippen LogP contribution in [0.4, 0.5) is 0 Å². The van der Waals surface area contributed by atoms with Gasteiger partial charge in [-0.25, -0.2) is 0 Å². The Morgan fingerprint density at radius 3 is 2.44 bits per heavy atom. The van der Waals surface area contributed by atoms with Gasteiger partial charge < -0.3 is 15.0 Å². The average molecular weight is 497 g/mol. The average Bonchev–Trinajstić information content (AvgIpc) is 2.80. The third-order valence-electron chi connectivity index (χ3n) is 5.39. The van der Waals surface area contributed by atoms with Gasteiger partial charge in [0.25, 0.3) is 5.91 Å². The maximum atomic E-state index is 13.3. The van der Waals surface area contributed by atoms with Gasteiger partial charge in [-0.2, -0.15) is 0 Å². The van der Waals surface area contributed by atoms with Crippen LogP contribution < -0.4 is 10.1 Å². The molecular weight excluding hydrogens is 468 g/mol. The third kappa shape index (κ3) is 5.68. The van der Waals surface area contributed by atoms with Crippen LogP contribution in [0.25, 0.3) is 10.8 Å². The fraction of sp³-hybridized carbons (Fsp3) is 0.308. The maximum Gasteiger partial charge on any atom is 0.261 e. The summed E-state index contributed by atoms with van der Waals surface area (Å²) in [5.41, 5.74) is 2.12. The molecule has 3 aromatic rings. The lowest BCUT2D eigenvalue weighted by molar-refractivity contribution is -0.142. The summed E-state index contributed by atoms with van der Waals surface area (Å²) in [6.07, 6.45) is 0.517. The quantitative estimate of drug-likeness (QED) is 0.440. The molecule has 1 unspecified atom stereocenters. The first-order valence-corrected chi connectivity index (χ1v) is 11.7. The van der Waals surface area contributed by atoms with Crippen molar-refractivity contribution in [3.05, 3.63) is 76.3 Å². The fourth-order valence-electron chi connectivity index (χ4n) is 3.65. The van der Waals surface area contributed by atoms with Gasteiger partial charge in [-0.3, -0.25) is 9.59 Å². The Morgan fingerprint density at radius 2 is 1.75 bits per heavy atom. The summed E-state index contributed by atoms with van der Waals surface area (Å²) < 4.78 is 6.72. The van der Waals surface area contributed by atoms with Crippen LogP contribution in [0.15, 0.2) is 65.1 Å². The highest BCUT2D eigenvalue weighted by atomic mass is 79.9. The van der Waals surface area contributed by atoms with E-state index in [2.05, 4.69) is 21.2 Å². The number of fused-ring (bicyclic) bond motifs is 1. The Hall–Kier alpha value is -2.86. The second-order valence-electron chi connectivity index (χ2n) is 7.71. The monoisotopic (exact) mass is 496 g/mol. The molecule has 168 valence electrons. The summed E-state index contributed by atoms with van der Waals surface area (Å²) >= 11 is 3.60. The van der Waals surface area contributed by atoms with E-state index in [9.17, 15) is 9.59 Å². The molecule has 3 rings (SSSR count). The van der Waals surface area contributed by atoms with Crippen LogP contribution in [-0.4, -0.2) is 35.9 Å². The summed E-state index contributed by atoms with van der Waals surface area (Å²) in [4.78, 5) is 27.6. The Balaban J connectivity index is 1.81. The van der Waals surface area contributed by atoms with E-state index in [1.807, 2.05) is 81.4 Å². The number of likely N-dealkylation sites (N-methyl/N-ethyl adjacent to an activating group) is 1. The number of hydrogen-bond donors (Lipinski definition) is 1. The summed E-state index contributed by atoms with van der Waals surface area (Å²) in [5, 5.41) is 4.95. The minimum Gasteiger partial charge on any atom is -0.483 e. The summed E-state index contributed by atoms with van der Waals surface area (Å²) in [6.45, 7) is 6.51. The molecule has 0 spiro atoms. The SMILES string of the molecule is CCNC(=O)C(CC)N(Cc1ccc(C)cc1)C(=O)COc1ccc2ccccc2c1Br. The number of rotatable bonds is 9. The van der Waals surface area contributed by atoms with Crippen LogP contribution >= 0.6 is 15.9 Å². The molecule has 0 fully saturated rings. The molecule has 1 atom stereocenters. The number of aryl methyl sites for hydroxylation is 1. The number of nitrogens with zero attached hydrogens (tertiary/aromatic N) is 1. The van der Waals surface area contributed by atoms with Gasteiger partial charge in [0, 0.05) is 13.1 Å². The first-order chi connectivity index (χ1) is 15.4. The lowest BCUT2D eigenvalue weighted by atomic mass is 10.1. The van der Waals surface area contributed by atoms with Crippen molar-refractivity contribution in [1.82, 2.24) is 10.2 Å². The molecule has 5 nitrogen and oxygen atoms in total. The van der Waals surface area contributed by atoms with Crippen LogP contribution in [0.2, 0.25) is 0 Å². The smallest absolute Gasteiger partial charge is 0.261 e. The minimum absolute atomic E-state index is 0.151. The van der Waals surface area contributed by atoms with E-state index >= 15 is 0 Å². The topological polar surface area (TPSA) is 58.6 Å². The van der Waals surface area contributed by atoms with Crippen LogP contribution in [0.3, 0.4) is 0 Å². The first-order valence-electron chi connectivity index (χ1n) is 10.9. The van der Waals surface area contributed by atoms with Crippen molar-refractivity contribution in [2.24, 2.45) is 0 Å². The molecule has 6 heteroatoms. The minimum atomic E-state index is -0.563. The molecular formula is C26H29BrN2O3. The van der Waals surface area contributed by atoms with Gasteiger partial charge in [0.05, 0.1) is 4.47 Å². The summed E-state index contributed by atoms with van der Waals surface area (Å²) in [7, 11) is 0. The van der Waals surface area contributed by atoms with E-state index in [1.165, 1.54) is 0 Å². The van der Waals surface area contributed by atoms with Crippen molar-refractivity contribution in [1.29, 1.82) is 0 Å². The van der Waals surface area contributed by atoms with Crippen molar-refractivity contribution in [2.75, 3.05) is 13.2 Å². The van der Waals surface area contributed by atoms with Crippen molar-refractivity contribution in [3.63, 3.8) is 0 Å². The zero-order valence-corrected chi connectivity index (χ0v) is 20.3. The fourth-order valence-corrected chi connectivity index (χ4v) is 4.26. The molecule has 2 amide bonds. The van der Waals surface area contributed by atoms with Gasteiger partial charge in [0.15, 0.2) is 6.61 Å². The van der Waals surface area contributed by atoms with Crippen molar-refractivity contribution in [2.45, 2.75) is 39.8 Å². The standard InChI is InChI=1S/C26H29BrN2O3/c1-4-22(26(31)28-5-2)29(16-19-12-10-18(3)11-13-19)24(30)17-32-23-15-14-20-8-6-7-9-21(20)25(23)27/h6-15,22H,4-5,16-17H2,1-3H3,(H,28,31). The number of carbonyl (C=O) groups is 2. The van der Waals surface area contributed by atoms with Crippen molar-refractivity contribution in [3.8, 4) is 5.75 Å². The van der Waals surface area contributed by atoms with Crippen LogP contribution in [0, 0.1) is 6.92 Å². The highest BCUT2D eigenvalue weighted by Gasteiger charge is 2.28. The molecule has 3 aromatic carbocycles. The number of amides is 2. The van der Waals surface area contributed by atoms with Crippen LogP contribution in [0.1, 0.15) is 31.4 Å². The van der Waals surface area contributed by atoms with Gasteiger partial charge >= 0.3 is 0 Å². The summed E-state index contributed by atoms with van der Waals surface area (Å²) in [5.74, 6) is 0.212. The molecule has 0 aliphatic rings. The molecule has 0 aromatic heterocycles. The molecule has 0 aliphatic carbocycles. The van der Waals surface area contributed by atoms with Gasteiger partial charge in [-0.15, -0.1) is 0 Å². The van der Waals surface area contributed by atoms with Gasteiger partial charge in [0.2, 0.25) is 5.91 Å². The highest BCUT2D eigenvalue weighted by Crippen LogP contribution is 2.33. The zero-order valence-electron chi connectivity index (χ0n) is 18.7. The zero-order chi connectivity index (χ0) is 23.1. The molecule has 1 N–H and O–H groups in total. The van der Waals surface area contributed by atoms with E-state index in [1.54, 1.807) is 4.90 Å². The van der Waals surface area contributed by atoms with E-state index in [0.29, 0.717) is 25.3 Å². The second-order valence-corrected chi connectivity index (χ2v) is 8.51. The number of benzene rings is 3. The molecule has 0 saturated carbocycles. The first kappa shape index (κ1) is 23.8. The molecule has 32 heavy (non-hydrogen) atoms. The predicted molar refractivity (Wildman–Crippen MR) is 132 cm³/mol. The molecule has 0 radical (unpaired) electrons. The Morgan fingerprint density at radius 1 is 1.03 bits per heavy atom. The predicted octanol–water partition coefficient (Wildman–Crippen LogP) is 5.23. The van der Waals surface area contributed by atoms with E-state index in [0.717, 1.165) is 26.4 Å². The number of halogens is 1. The Bertz CT molecular complexity index is 1080. The lowest BCUT2D eigenvalue weighted by Gasteiger charge is -2.30. The molecule has 0 bridgehead atoms. The van der Waals surface area contributed by atoms with Crippen LogP contribution in [0.5, 0.6) is 5.75 Å². The third-order valence-corrected chi connectivity index (χ3v) is 6.21. The number of hydrogen-bond acceptors (Lipinski definition) is 3. The summed E-state index contributed by atoms with van der Waals surface area (Å²) in [6, 6.07) is 19.2. The Labute approximate surface area is 197 Å².